The van der Waals surface area contributed by atoms with Crippen LogP contribution in [0, 0.1) is 0 Å². The summed E-state index contributed by atoms with van der Waals surface area (Å²) in [4.78, 5) is 1.56. The lowest BCUT2D eigenvalue weighted by Crippen LogP contribution is -3.11. The summed E-state index contributed by atoms with van der Waals surface area (Å²) < 4.78 is 5.63. The van der Waals surface area contributed by atoms with Crippen LogP contribution in [0.2, 0.25) is 5.02 Å². The molecule has 0 spiro atoms. The molecule has 122 valence electrons. The van der Waals surface area contributed by atoms with Crippen molar-refractivity contribution in [2.24, 2.45) is 0 Å². The fraction of sp³-hybridized carbons (Fsp3) is 0.353. The Balaban J connectivity index is 1.57. The molecule has 1 fully saturated rings. The molecular weight excluding hydrogens is 330 g/mol. The first-order chi connectivity index (χ1) is 11.2. The molecule has 0 radical (unpaired) electrons. The van der Waals surface area contributed by atoms with Gasteiger partial charge in [-0.3, -0.25) is 0 Å². The molecule has 0 amide bonds. The van der Waals surface area contributed by atoms with E-state index in [0.717, 1.165) is 18.0 Å². The van der Waals surface area contributed by atoms with Gasteiger partial charge in [-0.2, -0.15) is 0 Å². The molecule has 1 aliphatic rings. The van der Waals surface area contributed by atoms with E-state index < -0.39 is 0 Å². The Kier molecular flexibility index (Phi) is 5.54. The predicted octanol–water partition coefficient (Wildman–Crippen LogP) is 2.64. The van der Waals surface area contributed by atoms with Crippen LogP contribution in [0.3, 0.4) is 0 Å². The zero-order valence-electron chi connectivity index (χ0n) is 12.8. The summed E-state index contributed by atoms with van der Waals surface area (Å²) in [6.45, 7) is 3.12. The highest BCUT2D eigenvalue weighted by atomic mass is 35.5. The second-order valence-corrected chi connectivity index (χ2v) is 6.62. The first-order valence-corrected chi connectivity index (χ1v) is 8.69. The summed E-state index contributed by atoms with van der Waals surface area (Å²) >= 11 is 11.3. The van der Waals surface area contributed by atoms with E-state index in [9.17, 15) is 0 Å². The van der Waals surface area contributed by atoms with Crippen molar-refractivity contribution in [2.75, 3.05) is 25.0 Å². The molecular formula is C17H21ClN3OS+. The Morgan fingerprint density at radius 2 is 1.96 bits per heavy atom. The van der Waals surface area contributed by atoms with Gasteiger partial charge in [0, 0.05) is 23.6 Å². The molecule has 0 unspecified atom stereocenters. The van der Waals surface area contributed by atoms with Crippen molar-refractivity contribution >= 4 is 34.6 Å². The van der Waals surface area contributed by atoms with Crippen LogP contribution < -0.4 is 15.5 Å². The number of rotatable bonds is 5. The molecule has 1 atom stereocenters. The summed E-state index contributed by atoms with van der Waals surface area (Å²) in [5.74, 6) is 1.02. The molecule has 6 heteroatoms. The van der Waals surface area contributed by atoms with E-state index in [2.05, 4.69) is 10.6 Å². The van der Waals surface area contributed by atoms with E-state index >= 15 is 0 Å². The van der Waals surface area contributed by atoms with E-state index in [0.29, 0.717) is 10.1 Å². The van der Waals surface area contributed by atoms with Gasteiger partial charge in [0.15, 0.2) is 16.9 Å². The third-order valence-electron chi connectivity index (χ3n) is 4.19. The van der Waals surface area contributed by atoms with E-state index in [-0.39, 0.29) is 6.04 Å². The molecule has 0 bridgehead atoms. The standard InChI is InChI=1S/C17H20ClN3OS/c18-13-5-7-14(8-6-13)20-17(23)19-12-15(16-4-3-11-22-16)21-9-1-2-10-21/h3-8,11,15H,1-2,9-10,12H2,(H2,19,20,23)/p+1/t15-/m1/s1. The number of anilines is 1. The van der Waals surface area contributed by atoms with E-state index in [4.69, 9.17) is 28.2 Å². The highest BCUT2D eigenvalue weighted by Gasteiger charge is 2.29. The van der Waals surface area contributed by atoms with Crippen LogP contribution in [0.5, 0.6) is 0 Å². The lowest BCUT2D eigenvalue weighted by molar-refractivity contribution is -0.919. The van der Waals surface area contributed by atoms with Gasteiger partial charge >= 0.3 is 0 Å². The van der Waals surface area contributed by atoms with Crippen LogP contribution >= 0.6 is 23.8 Å². The maximum Gasteiger partial charge on any atom is 0.171 e. The van der Waals surface area contributed by atoms with Crippen LogP contribution in [0.1, 0.15) is 24.6 Å². The Morgan fingerprint density at radius 1 is 1.22 bits per heavy atom. The smallest absolute Gasteiger partial charge is 0.171 e. The Bertz CT molecular complexity index is 624. The van der Waals surface area contributed by atoms with Gasteiger partial charge in [0.25, 0.3) is 0 Å². The minimum Gasteiger partial charge on any atom is -0.463 e. The number of likely N-dealkylation sites (tertiary alicyclic amines) is 1. The second-order valence-electron chi connectivity index (χ2n) is 5.78. The van der Waals surface area contributed by atoms with Gasteiger partial charge in [0.2, 0.25) is 0 Å². The fourth-order valence-electron chi connectivity index (χ4n) is 3.02. The van der Waals surface area contributed by atoms with Crippen LogP contribution in [0.15, 0.2) is 47.1 Å². The molecule has 0 aliphatic carbocycles. The summed E-state index contributed by atoms with van der Waals surface area (Å²) in [5.41, 5.74) is 0.926. The van der Waals surface area contributed by atoms with Crippen LogP contribution in [-0.4, -0.2) is 24.7 Å². The number of nitrogens with one attached hydrogen (secondary N) is 3. The quantitative estimate of drug-likeness (QED) is 0.725. The molecule has 1 aromatic heterocycles. The molecule has 2 aromatic rings. The lowest BCUT2D eigenvalue weighted by atomic mass is 10.2. The number of benzene rings is 1. The van der Waals surface area contributed by atoms with Gasteiger partial charge < -0.3 is 20.0 Å². The molecule has 1 saturated heterocycles. The van der Waals surface area contributed by atoms with E-state index in [1.54, 1.807) is 11.2 Å². The first kappa shape index (κ1) is 16.3. The van der Waals surface area contributed by atoms with E-state index in [1.165, 1.54) is 25.9 Å². The Hall–Kier alpha value is -1.56. The maximum atomic E-state index is 5.89. The Morgan fingerprint density at radius 3 is 2.61 bits per heavy atom. The van der Waals surface area contributed by atoms with Gasteiger partial charge in [-0.05, 0) is 48.6 Å². The molecule has 4 nitrogen and oxygen atoms in total. The average molecular weight is 351 g/mol. The third kappa shape index (κ3) is 4.47. The largest absolute Gasteiger partial charge is 0.463 e. The number of furan rings is 1. The fourth-order valence-corrected chi connectivity index (χ4v) is 3.34. The second kappa shape index (κ2) is 7.81. The van der Waals surface area contributed by atoms with Crippen LogP contribution in [0.4, 0.5) is 5.69 Å². The summed E-state index contributed by atoms with van der Waals surface area (Å²) in [6.07, 6.45) is 4.29. The van der Waals surface area contributed by atoms with Crippen molar-refractivity contribution < 1.29 is 9.32 Å². The normalized spacial score (nSPS) is 16.2. The van der Waals surface area contributed by atoms with Gasteiger partial charge in [0.05, 0.1) is 25.9 Å². The minimum absolute atomic E-state index is 0.289. The molecule has 0 saturated carbocycles. The van der Waals surface area contributed by atoms with Gasteiger partial charge in [-0.25, -0.2) is 0 Å². The molecule has 3 N–H and O–H groups in total. The number of halogens is 1. The van der Waals surface area contributed by atoms with Crippen molar-refractivity contribution in [3.8, 4) is 0 Å². The van der Waals surface area contributed by atoms with Crippen molar-refractivity contribution in [2.45, 2.75) is 18.9 Å². The molecule has 1 aliphatic heterocycles. The van der Waals surface area contributed by atoms with Crippen LogP contribution in [0.25, 0.3) is 0 Å². The summed E-state index contributed by atoms with van der Waals surface area (Å²) in [7, 11) is 0. The monoisotopic (exact) mass is 350 g/mol. The SMILES string of the molecule is S=C(NC[C@H](c1ccco1)[NH+]1CCCC1)Nc1ccc(Cl)cc1. The molecule has 3 rings (SSSR count). The first-order valence-electron chi connectivity index (χ1n) is 7.91. The highest BCUT2D eigenvalue weighted by Crippen LogP contribution is 2.14. The van der Waals surface area contributed by atoms with Crippen molar-refractivity contribution in [3.05, 3.63) is 53.4 Å². The number of hydrogen-bond acceptors (Lipinski definition) is 2. The van der Waals surface area contributed by atoms with Crippen molar-refractivity contribution in [1.82, 2.24) is 5.32 Å². The van der Waals surface area contributed by atoms with Gasteiger partial charge in [-0.15, -0.1) is 0 Å². The molecule has 23 heavy (non-hydrogen) atoms. The van der Waals surface area contributed by atoms with Crippen LogP contribution in [-0.2, 0) is 0 Å². The van der Waals surface area contributed by atoms with Crippen molar-refractivity contribution in [3.63, 3.8) is 0 Å². The average Bonchev–Trinajstić information content (AvgIpc) is 3.24. The summed E-state index contributed by atoms with van der Waals surface area (Å²) in [6, 6.07) is 11.8. The van der Waals surface area contributed by atoms with Gasteiger partial charge in [-0.1, -0.05) is 11.6 Å². The molecule has 1 aromatic carbocycles. The highest BCUT2D eigenvalue weighted by molar-refractivity contribution is 7.80. The number of quaternary nitrogens is 1. The third-order valence-corrected chi connectivity index (χ3v) is 4.69. The Labute approximate surface area is 146 Å². The van der Waals surface area contributed by atoms with E-state index in [1.807, 2.05) is 36.4 Å². The number of hydrogen-bond donors (Lipinski definition) is 3. The molecule has 2 heterocycles. The number of thiocarbonyl (C=S) groups is 1. The zero-order chi connectivity index (χ0) is 16.1. The zero-order valence-corrected chi connectivity index (χ0v) is 14.4. The predicted molar refractivity (Wildman–Crippen MR) is 97.1 cm³/mol. The minimum atomic E-state index is 0.289. The topological polar surface area (TPSA) is 41.6 Å². The van der Waals surface area contributed by atoms with Crippen molar-refractivity contribution in [1.29, 1.82) is 0 Å². The lowest BCUT2D eigenvalue weighted by Gasteiger charge is -2.23. The summed E-state index contributed by atoms with van der Waals surface area (Å²) in [5, 5.41) is 7.83. The van der Waals surface area contributed by atoms with Gasteiger partial charge in [0.1, 0.15) is 0 Å². The maximum absolute atomic E-state index is 5.89.